The highest BCUT2D eigenvalue weighted by Crippen LogP contribution is 2.10. The lowest BCUT2D eigenvalue weighted by Crippen LogP contribution is -2.60. The summed E-state index contributed by atoms with van der Waals surface area (Å²) in [5, 5.41) is 24.6. The molecule has 0 aliphatic rings. The van der Waals surface area contributed by atoms with Crippen molar-refractivity contribution in [2.45, 2.75) is 96.1 Å². The molecule has 0 bridgehead atoms. The highest BCUT2D eigenvalue weighted by Gasteiger charge is 2.33. The molecule has 7 amide bonds. The molecule has 58 heavy (non-hydrogen) atoms. The summed E-state index contributed by atoms with van der Waals surface area (Å²) in [7, 11) is 1.44. The van der Waals surface area contributed by atoms with Crippen LogP contribution in [0.5, 0.6) is 0 Å². The lowest BCUT2D eigenvalue weighted by molar-refractivity contribution is -0.140. The third kappa shape index (κ3) is 17.5. The molecule has 11 N–H and O–H groups in total. The fourth-order valence-electron chi connectivity index (χ4n) is 5.76. The zero-order valence-corrected chi connectivity index (χ0v) is 33.6. The third-order valence-corrected chi connectivity index (χ3v) is 8.86. The molecule has 2 aromatic rings. The van der Waals surface area contributed by atoms with E-state index >= 15 is 0 Å². The van der Waals surface area contributed by atoms with Gasteiger partial charge in [-0.1, -0.05) is 88.4 Å². The number of aliphatic carboxylic acids is 1. The van der Waals surface area contributed by atoms with E-state index in [2.05, 4.69) is 31.9 Å². The van der Waals surface area contributed by atoms with Crippen LogP contribution in [0, 0.1) is 11.8 Å². The van der Waals surface area contributed by atoms with Gasteiger partial charge in [0.15, 0.2) is 0 Å². The molecule has 0 radical (unpaired) electrons. The fraction of sp³-hybridized carbons (Fsp3) is 0.500. The smallest absolute Gasteiger partial charge is 0.305 e. The third-order valence-electron chi connectivity index (χ3n) is 8.86. The van der Waals surface area contributed by atoms with Gasteiger partial charge < -0.3 is 53.2 Å². The molecule has 0 fully saturated rings. The van der Waals surface area contributed by atoms with Crippen molar-refractivity contribution >= 4 is 47.3 Å². The van der Waals surface area contributed by atoms with Crippen LogP contribution in [0.4, 0.5) is 0 Å². The molecule has 0 unspecified atom stereocenters. The van der Waals surface area contributed by atoms with Crippen molar-refractivity contribution < 1.29 is 48.2 Å². The van der Waals surface area contributed by atoms with E-state index in [1.807, 2.05) is 13.8 Å². The van der Waals surface area contributed by atoms with Crippen molar-refractivity contribution in [2.24, 2.45) is 23.3 Å². The van der Waals surface area contributed by atoms with Gasteiger partial charge in [0, 0.05) is 26.6 Å². The average Bonchev–Trinajstić information content (AvgIpc) is 3.16. The number of ether oxygens (including phenoxy) is 1. The molecule has 18 nitrogen and oxygen atoms in total. The fourth-order valence-corrected chi connectivity index (χ4v) is 5.76. The molecule has 0 saturated carbocycles. The van der Waals surface area contributed by atoms with Crippen LogP contribution in [-0.4, -0.2) is 109 Å². The van der Waals surface area contributed by atoms with E-state index in [9.17, 15) is 38.4 Å². The van der Waals surface area contributed by atoms with Crippen LogP contribution in [0.25, 0.3) is 0 Å². The van der Waals surface area contributed by atoms with Gasteiger partial charge in [-0.2, -0.15) is 0 Å². The van der Waals surface area contributed by atoms with Gasteiger partial charge in [-0.25, -0.2) is 0 Å². The minimum atomic E-state index is -1.45. The predicted molar refractivity (Wildman–Crippen MR) is 213 cm³/mol. The summed E-state index contributed by atoms with van der Waals surface area (Å²) in [5.74, 6) is -7.06. The number of hydrogen-bond acceptors (Lipinski definition) is 10. The zero-order chi connectivity index (χ0) is 43.4. The highest BCUT2D eigenvalue weighted by molar-refractivity contribution is 5.97. The lowest BCUT2D eigenvalue weighted by atomic mass is 10.00. The number of carbonyl (C=O) groups excluding carboxylic acids is 7. The number of carboxylic acid groups (broad SMARTS) is 1. The van der Waals surface area contributed by atoms with Gasteiger partial charge in [-0.15, -0.1) is 0 Å². The molecular formula is C40H58N8O10. The Morgan fingerprint density at radius 1 is 0.655 bits per heavy atom. The Bertz CT molecular complexity index is 1690. The Hall–Kier alpha value is -5.88. The number of nitrogens with two attached hydrogens (primary N) is 2. The van der Waals surface area contributed by atoms with E-state index in [1.54, 1.807) is 74.5 Å². The number of amides is 7. The molecule has 2 rings (SSSR count). The number of methoxy groups -OCH3 is 1. The van der Waals surface area contributed by atoms with Crippen LogP contribution in [0.3, 0.4) is 0 Å². The first kappa shape index (κ1) is 48.3. The van der Waals surface area contributed by atoms with Crippen molar-refractivity contribution in [3.63, 3.8) is 0 Å². The monoisotopic (exact) mass is 810 g/mol. The van der Waals surface area contributed by atoms with E-state index in [0.29, 0.717) is 11.1 Å². The molecule has 0 aliphatic carbocycles. The quantitative estimate of drug-likeness (QED) is 0.0589. The Balaban J connectivity index is 2.25. The normalized spacial score (nSPS) is 14.1. The number of carboxylic acids is 1. The molecule has 2 aromatic carbocycles. The molecule has 0 spiro atoms. The number of rotatable bonds is 25. The summed E-state index contributed by atoms with van der Waals surface area (Å²) in [6.45, 7) is 6.62. The van der Waals surface area contributed by atoms with E-state index in [0.717, 1.165) is 0 Å². The summed E-state index contributed by atoms with van der Waals surface area (Å²) in [6, 6.07) is 10.2. The van der Waals surface area contributed by atoms with Crippen LogP contribution in [0.2, 0.25) is 0 Å². The zero-order valence-electron chi connectivity index (χ0n) is 33.6. The lowest BCUT2D eigenvalue weighted by Gasteiger charge is -2.27. The van der Waals surface area contributed by atoms with Gasteiger partial charge in [0.05, 0.1) is 19.0 Å². The van der Waals surface area contributed by atoms with Crippen LogP contribution in [0.1, 0.15) is 58.1 Å². The number of primary amides is 1. The van der Waals surface area contributed by atoms with Gasteiger partial charge in [-0.05, 0) is 35.8 Å². The molecule has 0 aliphatic heterocycles. The Kier molecular flexibility index (Phi) is 20.5. The van der Waals surface area contributed by atoms with Crippen LogP contribution >= 0.6 is 0 Å². The van der Waals surface area contributed by atoms with Gasteiger partial charge in [0.1, 0.15) is 30.2 Å². The average molecular weight is 811 g/mol. The first-order valence-corrected chi connectivity index (χ1v) is 19.0. The topological polar surface area (TPSA) is 290 Å². The van der Waals surface area contributed by atoms with E-state index in [1.165, 1.54) is 7.11 Å². The van der Waals surface area contributed by atoms with Gasteiger partial charge in [0.25, 0.3) is 0 Å². The predicted octanol–water partition coefficient (Wildman–Crippen LogP) is -0.962. The summed E-state index contributed by atoms with van der Waals surface area (Å²) in [5.41, 5.74) is 12.5. The molecule has 318 valence electrons. The second-order valence-electron chi connectivity index (χ2n) is 14.6. The second kappa shape index (κ2) is 24.7. The summed E-state index contributed by atoms with van der Waals surface area (Å²) >= 11 is 0. The van der Waals surface area contributed by atoms with E-state index in [4.69, 9.17) is 21.3 Å². The number of carbonyl (C=O) groups is 8. The molecule has 0 saturated heterocycles. The van der Waals surface area contributed by atoms with Gasteiger partial charge >= 0.3 is 5.97 Å². The summed E-state index contributed by atoms with van der Waals surface area (Å²) < 4.78 is 4.98. The van der Waals surface area contributed by atoms with Crippen molar-refractivity contribution in [1.82, 2.24) is 31.9 Å². The molecular weight excluding hydrogens is 752 g/mol. The Labute approximate surface area is 338 Å². The van der Waals surface area contributed by atoms with Gasteiger partial charge in [0.2, 0.25) is 41.4 Å². The maximum Gasteiger partial charge on any atom is 0.305 e. The SMILES string of the molecule is COCC[C@H](NC(=O)[C@H](CC(C)C)NC(=O)CNC(=O)[C@@H](NC(=O)[C@H](Cc1ccccc1)NC(=O)[C@H](Cc1ccccc1)NC(=O)[C@@H](N)CC(=O)O)C(C)C)C(N)=O. The maximum atomic E-state index is 14.0. The van der Waals surface area contributed by atoms with Crippen LogP contribution in [0.15, 0.2) is 60.7 Å². The molecule has 0 aromatic heterocycles. The van der Waals surface area contributed by atoms with Crippen LogP contribution in [-0.2, 0) is 55.9 Å². The van der Waals surface area contributed by atoms with Crippen molar-refractivity contribution in [1.29, 1.82) is 0 Å². The molecule has 18 heteroatoms. The first-order chi connectivity index (χ1) is 27.4. The number of hydrogen-bond donors (Lipinski definition) is 9. The summed E-state index contributed by atoms with van der Waals surface area (Å²) in [4.78, 5) is 103. The first-order valence-electron chi connectivity index (χ1n) is 19.0. The number of nitrogens with one attached hydrogen (secondary N) is 6. The standard InChI is InChI=1S/C40H58N8O10/c1-23(2)18-29(37(54)45-28(35(42)52)16-17-58-5)44-32(49)22-43-40(57)34(24(3)4)48-39(56)31(20-26-14-10-7-11-15-26)47-38(55)30(19-25-12-8-6-9-13-25)46-36(53)27(41)21-33(50)51/h6-15,23-24,27-31,34H,16-22,41H2,1-5H3,(H2,42,52)(H,43,57)(H,44,49)(H,45,54)(H,46,53)(H,47,55)(H,48,56)(H,50,51)/t27-,28-,29-,30-,31-,34-/m0/s1. The number of benzene rings is 2. The maximum absolute atomic E-state index is 14.0. The van der Waals surface area contributed by atoms with E-state index < -0.39 is 102 Å². The van der Waals surface area contributed by atoms with Crippen molar-refractivity contribution in [3.05, 3.63) is 71.8 Å². The second-order valence-corrected chi connectivity index (χ2v) is 14.6. The van der Waals surface area contributed by atoms with Crippen molar-refractivity contribution in [2.75, 3.05) is 20.3 Å². The van der Waals surface area contributed by atoms with Crippen LogP contribution < -0.4 is 43.4 Å². The Morgan fingerprint density at radius 3 is 1.60 bits per heavy atom. The van der Waals surface area contributed by atoms with Crippen molar-refractivity contribution in [3.8, 4) is 0 Å². The highest BCUT2D eigenvalue weighted by atomic mass is 16.5. The molecule has 0 heterocycles. The Morgan fingerprint density at radius 2 is 1.14 bits per heavy atom. The summed E-state index contributed by atoms with van der Waals surface area (Å²) in [6.07, 6.45) is -0.366. The minimum absolute atomic E-state index is 0.0147. The van der Waals surface area contributed by atoms with E-state index in [-0.39, 0.29) is 38.2 Å². The largest absolute Gasteiger partial charge is 0.481 e. The van der Waals surface area contributed by atoms with Gasteiger partial charge in [-0.3, -0.25) is 38.4 Å². The molecule has 6 atom stereocenters. The minimum Gasteiger partial charge on any atom is -0.481 e.